The molecule has 0 radical (unpaired) electrons. The summed E-state index contributed by atoms with van der Waals surface area (Å²) in [4.78, 5) is 13.0. The number of carboxylic acid groups (broad SMARTS) is 1. The summed E-state index contributed by atoms with van der Waals surface area (Å²) in [6, 6.07) is 0.518. The van der Waals surface area contributed by atoms with Gasteiger partial charge in [0.1, 0.15) is 0 Å². The molecule has 0 aliphatic rings. The summed E-state index contributed by atoms with van der Waals surface area (Å²) in [5.41, 5.74) is 0.435. The lowest BCUT2D eigenvalue weighted by atomic mass is 10.2. The maximum Gasteiger partial charge on any atom is 0.330 e. The molecule has 0 aromatic heterocycles. The van der Waals surface area contributed by atoms with Gasteiger partial charge in [0.15, 0.2) is 0 Å². The fourth-order valence-corrected chi connectivity index (χ4v) is 1.45. The van der Waals surface area contributed by atoms with Gasteiger partial charge in [-0.15, -0.1) is 0 Å². The Kier molecular flexibility index (Phi) is 7.90. The molecule has 0 heterocycles. The van der Waals surface area contributed by atoms with Crippen LogP contribution in [0.25, 0.3) is 0 Å². The summed E-state index contributed by atoms with van der Waals surface area (Å²) in [5, 5.41) is 8.78. The highest BCUT2D eigenvalue weighted by Crippen LogP contribution is 2.06. The van der Waals surface area contributed by atoms with Crippen LogP contribution in [0.4, 0.5) is 0 Å². The third-order valence-electron chi connectivity index (χ3n) is 2.98. The zero-order chi connectivity index (χ0) is 12.6. The highest BCUT2D eigenvalue weighted by molar-refractivity contribution is 5.85. The second-order valence-corrected chi connectivity index (χ2v) is 4.30. The van der Waals surface area contributed by atoms with Gasteiger partial charge in [0.05, 0.1) is 0 Å². The average molecular weight is 227 g/mol. The van der Waals surface area contributed by atoms with Crippen molar-refractivity contribution in [3.63, 3.8) is 0 Å². The Bertz CT molecular complexity index is 236. The SMILES string of the molecule is CCCCN(CC=C(C)C(=O)O)C(C)CC. The van der Waals surface area contributed by atoms with E-state index in [1.54, 1.807) is 6.92 Å². The fraction of sp³-hybridized carbons (Fsp3) is 0.769. The van der Waals surface area contributed by atoms with Crippen LogP contribution >= 0.6 is 0 Å². The second kappa shape index (κ2) is 8.34. The monoisotopic (exact) mass is 227 g/mol. The number of aliphatic carboxylic acids is 1. The molecule has 0 bridgehead atoms. The van der Waals surface area contributed by atoms with E-state index in [9.17, 15) is 4.79 Å². The van der Waals surface area contributed by atoms with Gasteiger partial charge in [0.25, 0.3) is 0 Å². The van der Waals surface area contributed by atoms with Crippen molar-refractivity contribution in [2.45, 2.75) is 53.0 Å². The molecule has 3 heteroatoms. The molecule has 0 fully saturated rings. The molecule has 0 amide bonds. The molecule has 0 aliphatic heterocycles. The van der Waals surface area contributed by atoms with Gasteiger partial charge >= 0.3 is 5.97 Å². The summed E-state index contributed by atoms with van der Waals surface area (Å²) in [6.45, 7) is 9.98. The molecule has 0 rings (SSSR count). The van der Waals surface area contributed by atoms with Crippen LogP contribution in [0.3, 0.4) is 0 Å². The maximum absolute atomic E-state index is 10.7. The average Bonchev–Trinajstić information content (AvgIpc) is 2.27. The van der Waals surface area contributed by atoms with Crippen molar-refractivity contribution in [2.75, 3.05) is 13.1 Å². The van der Waals surface area contributed by atoms with Gasteiger partial charge in [0.2, 0.25) is 0 Å². The number of carbonyl (C=O) groups is 1. The van der Waals surface area contributed by atoms with Crippen molar-refractivity contribution in [3.8, 4) is 0 Å². The first-order chi connectivity index (χ1) is 7.52. The molecule has 16 heavy (non-hydrogen) atoms. The van der Waals surface area contributed by atoms with Crippen LogP contribution in [-0.2, 0) is 4.79 Å². The smallest absolute Gasteiger partial charge is 0.330 e. The first-order valence-electron chi connectivity index (χ1n) is 6.17. The van der Waals surface area contributed by atoms with Gasteiger partial charge in [-0.2, -0.15) is 0 Å². The van der Waals surface area contributed by atoms with Gasteiger partial charge < -0.3 is 5.11 Å². The van der Waals surface area contributed by atoms with E-state index >= 15 is 0 Å². The Balaban J connectivity index is 4.30. The van der Waals surface area contributed by atoms with Gasteiger partial charge in [-0.3, -0.25) is 4.90 Å². The van der Waals surface area contributed by atoms with Crippen LogP contribution in [0.2, 0.25) is 0 Å². The first kappa shape index (κ1) is 15.2. The van der Waals surface area contributed by atoms with E-state index in [1.807, 2.05) is 6.08 Å². The van der Waals surface area contributed by atoms with E-state index < -0.39 is 5.97 Å². The lowest BCUT2D eigenvalue weighted by molar-refractivity contribution is -0.132. The van der Waals surface area contributed by atoms with Gasteiger partial charge in [-0.25, -0.2) is 4.79 Å². The summed E-state index contributed by atoms with van der Waals surface area (Å²) in [7, 11) is 0. The maximum atomic E-state index is 10.7. The summed E-state index contributed by atoms with van der Waals surface area (Å²) >= 11 is 0. The first-order valence-corrected chi connectivity index (χ1v) is 6.17. The van der Waals surface area contributed by atoms with Gasteiger partial charge in [-0.1, -0.05) is 26.3 Å². The largest absolute Gasteiger partial charge is 0.478 e. The van der Waals surface area contributed by atoms with Crippen LogP contribution in [-0.4, -0.2) is 35.1 Å². The van der Waals surface area contributed by atoms with E-state index in [-0.39, 0.29) is 0 Å². The molecule has 0 aromatic carbocycles. The quantitative estimate of drug-likeness (QED) is 0.648. The van der Waals surface area contributed by atoms with Gasteiger partial charge in [0, 0.05) is 18.2 Å². The Labute approximate surface area is 99.1 Å². The number of unbranched alkanes of at least 4 members (excludes halogenated alkanes) is 1. The van der Waals surface area contributed by atoms with Crippen molar-refractivity contribution in [2.24, 2.45) is 0 Å². The van der Waals surface area contributed by atoms with E-state index in [4.69, 9.17) is 5.11 Å². The Morgan fingerprint density at radius 3 is 2.50 bits per heavy atom. The summed E-state index contributed by atoms with van der Waals surface area (Å²) in [6.07, 6.45) is 5.26. The molecule has 0 saturated carbocycles. The van der Waals surface area contributed by atoms with E-state index in [1.165, 1.54) is 12.8 Å². The van der Waals surface area contributed by atoms with E-state index in [0.717, 1.165) is 19.5 Å². The predicted octanol–water partition coefficient (Wildman–Crippen LogP) is 2.92. The number of rotatable bonds is 8. The normalized spacial score (nSPS) is 14.2. The van der Waals surface area contributed by atoms with Crippen LogP contribution in [0.5, 0.6) is 0 Å². The highest BCUT2D eigenvalue weighted by Gasteiger charge is 2.10. The number of carboxylic acids is 1. The molecule has 94 valence electrons. The Morgan fingerprint density at radius 2 is 2.06 bits per heavy atom. The molecule has 1 unspecified atom stereocenters. The third kappa shape index (κ3) is 5.91. The van der Waals surface area contributed by atoms with E-state index in [0.29, 0.717) is 11.6 Å². The minimum absolute atomic E-state index is 0.435. The second-order valence-electron chi connectivity index (χ2n) is 4.30. The molecule has 1 atom stereocenters. The van der Waals surface area contributed by atoms with Gasteiger partial charge in [-0.05, 0) is 33.2 Å². The zero-order valence-electron chi connectivity index (χ0n) is 11.0. The molecule has 0 aromatic rings. The number of hydrogen-bond acceptors (Lipinski definition) is 2. The molecule has 0 saturated heterocycles. The standard InChI is InChI=1S/C13H25NO2/c1-5-7-9-14(12(4)6-2)10-8-11(3)13(15)16/h8,12H,5-7,9-10H2,1-4H3,(H,15,16). The van der Waals surface area contributed by atoms with Crippen molar-refractivity contribution < 1.29 is 9.90 Å². The van der Waals surface area contributed by atoms with Crippen molar-refractivity contribution >= 4 is 5.97 Å². The molecular formula is C13H25NO2. The lowest BCUT2D eigenvalue weighted by Crippen LogP contribution is -2.33. The molecular weight excluding hydrogens is 202 g/mol. The van der Waals surface area contributed by atoms with Crippen LogP contribution in [0, 0.1) is 0 Å². The van der Waals surface area contributed by atoms with Crippen LogP contribution in [0.1, 0.15) is 47.0 Å². The predicted molar refractivity (Wildman–Crippen MR) is 67.6 cm³/mol. The number of hydrogen-bond donors (Lipinski definition) is 1. The van der Waals surface area contributed by atoms with Crippen LogP contribution in [0.15, 0.2) is 11.6 Å². The third-order valence-corrected chi connectivity index (χ3v) is 2.98. The molecule has 0 aliphatic carbocycles. The number of nitrogens with zero attached hydrogens (tertiary/aromatic N) is 1. The summed E-state index contributed by atoms with van der Waals surface area (Å²) in [5.74, 6) is -0.820. The molecule has 0 spiro atoms. The van der Waals surface area contributed by atoms with Crippen molar-refractivity contribution in [3.05, 3.63) is 11.6 Å². The minimum atomic E-state index is -0.820. The Morgan fingerprint density at radius 1 is 1.44 bits per heavy atom. The highest BCUT2D eigenvalue weighted by atomic mass is 16.4. The fourth-order valence-electron chi connectivity index (χ4n) is 1.45. The lowest BCUT2D eigenvalue weighted by Gasteiger charge is -2.27. The van der Waals surface area contributed by atoms with Crippen LogP contribution < -0.4 is 0 Å². The van der Waals surface area contributed by atoms with Crippen molar-refractivity contribution in [1.82, 2.24) is 4.90 Å². The Hall–Kier alpha value is -0.830. The molecule has 3 nitrogen and oxygen atoms in total. The van der Waals surface area contributed by atoms with Crippen molar-refractivity contribution in [1.29, 1.82) is 0 Å². The zero-order valence-corrected chi connectivity index (χ0v) is 11.0. The minimum Gasteiger partial charge on any atom is -0.478 e. The summed E-state index contributed by atoms with van der Waals surface area (Å²) < 4.78 is 0. The topological polar surface area (TPSA) is 40.5 Å². The molecule has 1 N–H and O–H groups in total. The van der Waals surface area contributed by atoms with E-state index in [2.05, 4.69) is 25.7 Å².